The molecule has 0 heterocycles. The van der Waals surface area contributed by atoms with E-state index in [-0.39, 0.29) is 85.2 Å². The minimum Gasteiger partial charge on any atom is -0.508 e. The van der Waals surface area contributed by atoms with Crippen LogP contribution in [0.4, 0.5) is 0 Å². The molecule has 520 valence electrons. The quantitative estimate of drug-likeness (QED) is 0.0499. The van der Waals surface area contributed by atoms with Gasteiger partial charge in [0.15, 0.2) is 0 Å². The van der Waals surface area contributed by atoms with Gasteiger partial charge in [-0.25, -0.2) is 0 Å². The Bertz CT molecular complexity index is 3820. The van der Waals surface area contributed by atoms with Gasteiger partial charge in [-0.2, -0.15) is 0 Å². The van der Waals surface area contributed by atoms with Crippen LogP contribution in [-0.4, -0.2) is 53.1 Å². The summed E-state index contributed by atoms with van der Waals surface area (Å²) in [6.07, 6.45) is 10.8. The Balaban J connectivity index is 0.868. The molecule has 11 rings (SSSR count). The van der Waals surface area contributed by atoms with E-state index in [1.807, 2.05) is 76.2 Å². The number of aromatic hydroxyl groups is 6. The van der Waals surface area contributed by atoms with Crippen molar-refractivity contribution in [2.75, 3.05) is 0 Å². The normalized spacial score (nSPS) is 20.3. The molecule has 8 N–H and O–H groups in total. The average Bonchev–Trinajstić information content (AvgIpc) is 0.765. The molecule has 8 nitrogen and oxygen atoms in total. The SMILES string of the molecule is Cc1cc(O)c(C(C)(C)C)cc1C(c1cc(C(C)(C)C)c(O)cc1C)c1cc(CC2CC(c3cccc(C4(c5cccc(C6CCC(O)C(Cc7ccc(O)c(C(c8cc(C(C)(C)C)c(O)cc8C)c8cc(C(C)(C)C)c(O)cc8C)c7)C6)c5)CCCCC4)c3)CCC2O)ccc1O. The summed E-state index contributed by atoms with van der Waals surface area (Å²) in [5, 5.41) is 93.6. The van der Waals surface area contributed by atoms with Gasteiger partial charge in [0.1, 0.15) is 34.5 Å². The molecule has 0 saturated heterocycles. The molecule has 6 atom stereocenters. The summed E-state index contributed by atoms with van der Waals surface area (Å²) in [6.45, 7) is 33.3. The van der Waals surface area contributed by atoms with Crippen molar-refractivity contribution < 1.29 is 40.9 Å². The number of aliphatic hydroxyl groups is 2. The van der Waals surface area contributed by atoms with Gasteiger partial charge in [0.05, 0.1) is 12.2 Å². The van der Waals surface area contributed by atoms with Crippen LogP contribution in [0.2, 0.25) is 0 Å². The number of phenols is 6. The fraction of sp³-hybridized carbons (Fsp3) is 0.467. The van der Waals surface area contributed by atoms with E-state index in [0.29, 0.717) is 25.7 Å². The van der Waals surface area contributed by atoms with E-state index in [9.17, 15) is 40.9 Å². The van der Waals surface area contributed by atoms with Crippen LogP contribution >= 0.6 is 0 Å². The molecule has 6 unspecified atom stereocenters. The van der Waals surface area contributed by atoms with E-state index in [4.69, 9.17) is 0 Å². The predicted octanol–water partition coefficient (Wildman–Crippen LogP) is 20.9. The first kappa shape index (κ1) is 71.8. The molecular formula is C90H112O8. The van der Waals surface area contributed by atoms with Gasteiger partial charge in [0.25, 0.3) is 0 Å². The van der Waals surface area contributed by atoms with E-state index in [1.165, 1.54) is 28.7 Å². The molecule has 3 saturated carbocycles. The van der Waals surface area contributed by atoms with Gasteiger partial charge in [-0.05, 0) is 274 Å². The average molecular weight is 1320 g/mol. The van der Waals surface area contributed by atoms with Crippen LogP contribution in [-0.2, 0) is 39.9 Å². The molecule has 8 aromatic rings. The minimum atomic E-state index is -0.477. The van der Waals surface area contributed by atoms with Crippen molar-refractivity contribution in [3.63, 3.8) is 0 Å². The van der Waals surface area contributed by atoms with Gasteiger partial charge in [0, 0.05) is 28.4 Å². The van der Waals surface area contributed by atoms with Gasteiger partial charge >= 0.3 is 0 Å². The summed E-state index contributed by atoms with van der Waals surface area (Å²) in [4.78, 5) is 0. The molecular weight excluding hydrogens is 1210 g/mol. The highest BCUT2D eigenvalue weighted by Crippen LogP contribution is 2.52. The Labute approximate surface area is 585 Å². The standard InChI is InChI=1S/C90H112O8/c1-52-36-80(95)72(86(5,6)7)48-66(52)84(67-49-73(87(8,9)10)81(96)37-53(67)2)70-42-56(26-30-78(70)93)40-62-44-60(28-32-76(62)91)58-22-20-24-64(46-58)90(34-18-17-19-35-90)65-25-21-23-59(47-65)61-29-33-77(92)63(45-61)41-57-27-31-79(94)71(43-57)85(68-50-74(88(11,12)13)82(97)38-54(68)3)69-51-75(89(14,15)16)83(98)39-55(69)4/h20-27,30-31,36-39,42-43,46-51,60-63,76-77,84-85,91-98H,17-19,28-29,32-35,40-41,44-45H2,1-16H3. The Kier molecular flexibility index (Phi) is 20.2. The first-order chi connectivity index (χ1) is 46.0. The summed E-state index contributed by atoms with van der Waals surface area (Å²) in [7, 11) is 0. The summed E-state index contributed by atoms with van der Waals surface area (Å²) >= 11 is 0. The highest BCUT2D eigenvalue weighted by molar-refractivity contribution is 5.62. The molecule has 8 aromatic carbocycles. The fourth-order valence-electron chi connectivity index (χ4n) is 17.6. The molecule has 8 heteroatoms. The van der Waals surface area contributed by atoms with Crippen molar-refractivity contribution in [1.29, 1.82) is 0 Å². The van der Waals surface area contributed by atoms with Crippen molar-refractivity contribution in [2.45, 2.75) is 257 Å². The molecule has 3 fully saturated rings. The van der Waals surface area contributed by atoms with E-state index in [0.717, 1.165) is 140 Å². The van der Waals surface area contributed by atoms with Crippen LogP contribution < -0.4 is 0 Å². The van der Waals surface area contributed by atoms with E-state index >= 15 is 0 Å². The van der Waals surface area contributed by atoms with Crippen molar-refractivity contribution in [2.24, 2.45) is 11.8 Å². The largest absolute Gasteiger partial charge is 0.508 e. The van der Waals surface area contributed by atoms with Gasteiger partial charge in [-0.15, -0.1) is 0 Å². The van der Waals surface area contributed by atoms with Crippen LogP contribution in [0.3, 0.4) is 0 Å². The Morgan fingerprint density at radius 3 is 0.980 bits per heavy atom. The van der Waals surface area contributed by atoms with Gasteiger partial charge in [0.2, 0.25) is 0 Å². The van der Waals surface area contributed by atoms with E-state index < -0.39 is 24.0 Å². The zero-order valence-corrected chi connectivity index (χ0v) is 61.6. The number of benzene rings is 8. The molecule has 0 radical (unpaired) electrons. The van der Waals surface area contributed by atoms with Crippen molar-refractivity contribution in [3.05, 3.63) is 245 Å². The maximum absolute atomic E-state index is 12.1. The topological polar surface area (TPSA) is 162 Å². The molecule has 0 spiro atoms. The lowest BCUT2D eigenvalue weighted by molar-refractivity contribution is 0.0618. The number of hydrogen-bond acceptors (Lipinski definition) is 8. The van der Waals surface area contributed by atoms with Gasteiger partial charge in [-0.3, -0.25) is 0 Å². The summed E-state index contributed by atoms with van der Waals surface area (Å²) in [5.74, 6) is 0.968. The summed E-state index contributed by atoms with van der Waals surface area (Å²) in [5.41, 5.74) is 18.3. The predicted molar refractivity (Wildman–Crippen MR) is 401 cm³/mol. The maximum atomic E-state index is 12.1. The third-order valence-electron chi connectivity index (χ3n) is 23.2. The molecule has 0 bridgehead atoms. The second-order valence-electron chi connectivity index (χ2n) is 34.5. The highest BCUT2D eigenvalue weighted by Gasteiger charge is 2.40. The molecule has 0 aromatic heterocycles. The van der Waals surface area contributed by atoms with Crippen LogP contribution in [0, 0.1) is 39.5 Å². The minimum absolute atomic E-state index is 0.0152. The third kappa shape index (κ3) is 14.7. The van der Waals surface area contributed by atoms with E-state index in [1.54, 1.807) is 0 Å². The molecule has 0 amide bonds. The molecule has 3 aliphatic carbocycles. The fourth-order valence-corrected chi connectivity index (χ4v) is 17.6. The van der Waals surface area contributed by atoms with Gasteiger partial charge in [-0.1, -0.05) is 199 Å². The monoisotopic (exact) mass is 1320 g/mol. The number of aliphatic hydroxyl groups excluding tert-OH is 2. The lowest BCUT2D eigenvalue weighted by Gasteiger charge is -2.40. The third-order valence-corrected chi connectivity index (χ3v) is 23.2. The summed E-state index contributed by atoms with van der Waals surface area (Å²) < 4.78 is 0. The number of hydrogen-bond donors (Lipinski definition) is 8. The van der Waals surface area contributed by atoms with Crippen molar-refractivity contribution in [3.8, 4) is 34.5 Å². The molecule has 3 aliphatic rings. The second-order valence-corrected chi connectivity index (χ2v) is 34.5. The molecule has 0 aliphatic heterocycles. The van der Waals surface area contributed by atoms with Crippen LogP contribution in [0.15, 0.2) is 133 Å². The van der Waals surface area contributed by atoms with E-state index in [2.05, 4.69) is 168 Å². The number of rotatable bonds is 14. The Morgan fingerprint density at radius 2 is 0.673 bits per heavy atom. The Morgan fingerprint density at radius 1 is 0.357 bits per heavy atom. The summed E-state index contributed by atoms with van der Waals surface area (Å²) in [6, 6.07) is 46.8. The van der Waals surface area contributed by atoms with Crippen LogP contribution in [0.1, 0.15) is 289 Å². The lowest BCUT2D eigenvalue weighted by atomic mass is 9.64. The Hall–Kier alpha value is -7.52. The second kappa shape index (κ2) is 27.5. The zero-order chi connectivity index (χ0) is 70.9. The molecule has 98 heavy (non-hydrogen) atoms. The van der Waals surface area contributed by atoms with Crippen LogP contribution in [0.25, 0.3) is 0 Å². The van der Waals surface area contributed by atoms with Gasteiger partial charge < -0.3 is 40.9 Å². The van der Waals surface area contributed by atoms with Crippen LogP contribution in [0.5, 0.6) is 34.5 Å². The number of aryl methyl sites for hydroxylation is 4. The first-order valence-electron chi connectivity index (χ1n) is 36.6. The highest BCUT2D eigenvalue weighted by atomic mass is 16.3. The maximum Gasteiger partial charge on any atom is 0.119 e. The first-order valence-corrected chi connectivity index (χ1v) is 36.6. The smallest absolute Gasteiger partial charge is 0.119 e. The van der Waals surface area contributed by atoms with Crippen molar-refractivity contribution >= 4 is 0 Å². The number of phenolic OH excluding ortho intramolecular Hbond substituents is 6. The van der Waals surface area contributed by atoms with Crippen molar-refractivity contribution in [1.82, 2.24) is 0 Å². The zero-order valence-electron chi connectivity index (χ0n) is 61.6. The lowest BCUT2D eigenvalue weighted by Crippen LogP contribution is -2.32.